The number of nitrogens with zero attached hydrogens (tertiary/aromatic N) is 3. The highest BCUT2D eigenvalue weighted by molar-refractivity contribution is 7.98. The van der Waals surface area contributed by atoms with E-state index in [1.807, 2.05) is 42.0 Å². The zero-order valence-corrected chi connectivity index (χ0v) is 19.9. The first-order valence-corrected chi connectivity index (χ1v) is 12.1. The number of fused-ring (bicyclic) bond motifs is 1. The minimum atomic E-state index is -0.264. The second-order valence-corrected chi connectivity index (χ2v) is 8.44. The molecule has 0 aliphatic rings. The molecule has 0 saturated heterocycles. The molecule has 1 aromatic carbocycles. The van der Waals surface area contributed by atoms with Crippen molar-refractivity contribution >= 4 is 41.0 Å². The maximum atomic E-state index is 12.7. The predicted octanol–water partition coefficient (Wildman–Crippen LogP) is 4.80. The molecule has 3 aromatic rings. The molecule has 0 bridgehead atoms. The van der Waals surface area contributed by atoms with Crippen molar-refractivity contribution in [1.82, 2.24) is 19.9 Å². The quantitative estimate of drug-likeness (QED) is 0.402. The zero-order chi connectivity index (χ0) is 22.9. The van der Waals surface area contributed by atoms with Crippen LogP contribution in [-0.2, 0) is 4.79 Å². The average molecular weight is 475 g/mol. The fourth-order valence-electron chi connectivity index (χ4n) is 3.17. The van der Waals surface area contributed by atoms with E-state index in [1.54, 1.807) is 37.1 Å². The Morgan fingerprint density at radius 1 is 1.34 bits per heavy atom. The standard InChI is InChI=1S/C23H27ClN4O3S/c1-4-12-31-22-17(24)14-16(15-19(22)30-2)8-9-21(29)25-18(10-13-32-3)23-27-26-20-7-5-6-11-28(20)23/h5-9,11,14-15,18H,4,10,12-13H2,1-3H3,(H,25,29)/b9-8+. The predicted molar refractivity (Wildman–Crippen MR) is 130 cm³/mol. The van der Waals surface area contributed by atoms with Gasteiger partial charge in [0.1, 0.15) is 0 Å². The molecule has 0 spiro atoms. The molecule has 170 valence electrons. The van der Waals surface area contributed by atoms with E-state index in [0.29, 0.717) is 29.0 Å². The molecule has 2 aromatic heterocycles. The van der Waals surface area contributed by atoms with Crippen molar-refractivity contribution < 1.29 is 14.3 Å². The van der Waals surface area contributed by atoms with Gasteiger partial charge in [-0.25, -0.2) is 0 Å². The first-order chi connectivity index (χ1) is 15.6. The van der Waals surface area contributed by atoms with E-state index in [1.165, 1.54) is 6.08 Å². The highest BCUT2D eigenvalue weighted by Crippen LogP contribution is 2.36. The van der Waals surface area contributed by atoms with E-state index in [-0.39, 0.29) is 11.9 Å². The third-order valence-electron chi connectivity index (χ3n) is 4.71. The highest BCUT2D eigenvalue weighted by atomic mass is 35.5. The number of methoxy groups -OCH3 is 1. The third kappa shape index (κ3) is 5.95. The molecule has 0 aliphatic carbocycles. The number of carbonyl (C=O) groups excluding carboxylic acids is 1. The second kappa shape index (κ2) is 11.8. The number of hydrogen-bond acceptors (Lipinski definition) is 6. The average Bonchev–Trinajstić information content (AvgIpc) is 3.23. The molecule has 32 heavy (non-hydrogen) atoms. The summed E-state index contributed by atoms with van der Waals surface area (Å²) in [6.07, 6.45) is 8.70. The lowest BCUT2D eigenvalue weighted by Gasteiger charge is -2.16. The van der Waals surface area contributed by atoms with Crippen LogP contribution in [0.15, 0.2) is 42.6 Å². The lowest BCUT2D eigenvalue weighted by Crippen LogP contribution is -2.29. The van der Waals surface area contributed by atoms with Gasteiger partial charge in [-0.15, -0.1) is 10.2 Å². The van der Waals surface area contributed by atoms with Crippen molar-refractivity contribution in [2.45, 2.75) is 25.8 Å². The number of pyridine rings is 1. The summed E-state index contributed by atoms with van der Waals surface area (Å²) in [6, 6.07) is 8.98. The molecule has 2 heterocycles. The van der Waals surface area contributed by atoms with Gasteiger partial charge in [-0.3, -0.25) is 9.20 Å². The second-order valence-electron chi connectivity index (χ2n) is 7.05. The first kappa shape index (κ1) is 23.9. The molecule has 1 amide bonds. The number of carbonyl (C=O) groups is 1. The van der Waals surface area contributed by atoms with Crippen LogP contribution in [0.2, 0.25) is 5.02 Å². The summed E-state index contributed by atoms with van der Waals surface area (Å²) in [5, 5.41) is 12.0. The largest absolute Gasteiger partial charge is 0.493 e. The summed E-state index contributed by atoms with van der Waals surface area (Å²) in [6.45, 7) is 2.56. The Morgan fingerprint density at radius 3 is 2.94 bits per heavy atom. The molecule has 1 atom stereocenters. The smallest absolute Gasteiger partial charge is 0.244 e. The van der Waals surface area contributed by atoms with Crippen LogP contribution in [0.3, 0.4) is 0 Å². The van der Waals surface area contributed by atoms with Crippen molar-refractivity contribution in [1.29, 1.82) is 0 Å². The summed E-state index contributed by atoms with van der Waals surface area (Å²) < 4.78 is 13.0. The van der Waals surface area contributed by atoms with Crippen LogP contribution in [0.25, 0.3) is 11.7 Å². The molecule has 7 nitrogen and oxygen atoms in total. The monoisotopic (exact) mass is 474 g/mol. The molecular formula is C23H27ClN4O3S. The molecule has 0 radical (unpaired) electrons. The number of amides is 1. The van der Waals surface area contributed by atoms with E-state index < -0.39 is 0 Å². The molecule has 1 unspecified atom stereocenters. The molecule has 0 fully saturated rings. The van der Waals surface area contributed by atoms with Gasteiger partial charge in [0.2, 0.25) is 5.91 Å². The van der Waals surface area contributed by atoms with E-state index in [0.717, 1.165) is 29.8 Å². The van der Waals surface area contributed by atoms with Gasteiger partial charge >= 0.3 is 0 Å². The third-order valence-corrected chi connectivity index (χ3v) is 5.63. The molecule has 0 aliphatic heterocycles. The first-order valence-electron chi connectivity index (χ1n) is 10.3. The lowest BCUT2D eigenvalue weighted by molar-refractivity contribution is -0.117. The van der Waals surface area contributed by atoms with Crippen molar-refractivity contribution in [2.75, 3.05) is 25.7 Å². The Kier molecular flexibility index (Phi) is 8.81. The summed E-state index contributed by atoms with van der Waals surface area (Å²) >= 11 is 8.08. The van der Waals surface area contributed by atoms with Gasteiger partial charge in [0, 0.05) is 12.3 Å². The van der Waals surface area contributed by atoms with Crippen LogP contribution in [0.1, 0.15) is 37.2 Å². The Labute approximate surface area is 197 Å². The normalized spacial score (nSPS) is 12.2. The zero-order valence-electron chi connectivity index (χ0n) is 18.4. The Bertz CT molecular complexity index is 1090. The van der Waals surface area contributed by atoms with Gasteiger partial charge in [0.25, 0.3) is 0 Å². The van der Waals surface area contributed by atoms with E-state index >= 15 is 0 Å². The van der Waals surface area contributed by atoms with Gasteiger partial charge in [-0.1, -0.05) is 24.6 Å². The molecule has 9 heteroatoms. The Balaban J connectivity index is 1.76. The van der Waals surface area contributed by atoms with Crippen LogP contribution in [0, 0.1) is 0 Å². The Hall–Kier alpha value is -2.71. The maximum Gasteiger partial charge on any atom is 0.244 e. The number of benzene rings is 1. The maximum absolute atomic E-state index is 12.7. The van der Waals surface area contributed by atoms with Crippen LogP contribution in [0.4, 0.5) is 0 Å². The van der Waals surface area contributed by atoms with E-state index in [4.69, 9.17) is 21.1 Å². The van der Waals surface area contributed by atoms with Crippen molar-refractivity contribution in [3.05, 3.63) is 59.0 Å². The van der Waals surface area contributed by atoms with Gasteiger partial charge in [-0.05, 0) is 60.8 Å². The van der Waals surface area contributed by atoms with Crippen LogP contribution >= 0.6 is 23.4 Å². The number of thioether (sulfide) groups is 1. The number of rotatable bonds is 11. The SMILES string of the molecule is CCCOc1c(Cl)cc(/C=C/C(=O)NC(CCSC)c2nnc3ccccn23)cc1OC. The van der Waals surface area contributed by atoms with Crippen molar-refractivity contribution in [3.8, 4) is 11.5 Å². The van der Waals surface area contributed by atoms with Crippen LogP contribution in [0.5, 0.6) is 11.5 Å². The molecule has 3 rings (SSSR count). The summed E-state index contributed by atoms with van der Waals surface area (Å²) in [5.74, 6) is 2.39. The van der Waals surface area contributed by atoms with Crippen molar-refractivity contribution in [3.63, 3.8) is 0 Å². The fourth-order valence-corrected chi connectivity index (χ4v) is 3.92. The van der Waals surface area contributed by atoms with E-state index in [9.17, 15) is 4.79 Å². The molecular weight excluding hydrogens is 448 g/mol. The van der Waals surface area contributed by atoms with Gasteiger partial charge < -0.3 is 14.8 Å². The number of halogens is 1. The van der Waals surface area contributed by atoms with Crippen molar-refractivity contribution in [2.24, 2.45) is 0 Å². The van der Waals surface area contributed by atoms with Crippen LogP contribution in [-0.4, -0.2) is 46.2 Å². The molecule has 1 N–H and O–H groups in total. The highest BCUT2D eigenvalue weighted by Gasteiger charge is 2.19. The number of aromatic nitrogens is 3. The number of hydrogen-bond donors (Lipinski definition) is 1. The summed E-state index contributed by atoms with van der Waals surface area (Å²) in [5.41, 5.74) is 1.48. The topological polar surface area (TPSA) is 77.8 Å². The minimum Gasteiger partial charge on any atom is -0.493 e. The fraction of sp³-hybridized carbons (Fsp3) is 0.348. The minimum absolute atomic E-state index is 0.231. The van der Waals surface area contributed by atoms with Crippen LogP contribution < -0.4 is 14.8 Å². The lowest BCUT2D eigenvalue weighted by atomic mass is 10.1. The van der Waals surface area contributed by atoms with Gasteiger partial charge in [-0.2, -0.15) is 11.8 Å². The molecule has 0 saturated carbocycles. The number of ether oxygens (including phenoxy) is 2. The van der Waals surface area contributed by atoms with E-state index in [2.05, 4.69) is 15.5 Å². The summed E-state index contributed by atoms with van der Waals surface area (Å²) in [7, 11) is 1.56. The summed E-state index contributed by atoms with van der Waals surface area (Å²) in [4.78, 5) is 12.7. The number of nitrogens with one attached hydrogen (secondary N) is 1. The Morgan fingerprint density at radius 2 is 2.19 bits per heavy atom. The van der Waals surface area contributed by atoms with Gasteiger partial charge in [0.15, 0.2) is 23.0 Å². The van der Waals surface area contributed by atoms with Gasteiger partial charge in [0.05, 0.1) is 24.8 Å².